The van der Waals surface area contributed by atoms with Crippen LogP contribution in [0, 0.1) is 0 Å². The van der Waals surface area contributed by atoms with Crippen LogP contribution in [0.5, 0.6) is 0 Å². The van der Waals surface area contributed by atoms with E-state index in [0.717, 1.165) is 53.5 Å². The zero-order chi connectivity index (χ0) is 19.1. The smallest absolute Gasteiger partial charge is 0.251 e. The lowest BCUT2D eigenvalue weighted by Gasteiger charge is -2.23. The summed E-state index contributed by atoms with van der Waals surface area (Å²) in [6, 6.07) is 9.32. The van der Waals surface area contributed by atoms with E-state index in [-0.39, 0.29) is 5.56 Å². The lowest BCUT2D eigenvalue weighted by Crippen LogP contribution is -2.28. The molecule has 0 spiro atoms. The van der Waals surface area contributed by atoms with E-state index >= 15 is 0 Å². The summed E-state index contributed by atoms with van der Waals surface area (Å²) in [5, 5.41) is 11.4. The van der Waals surface area contributed by atoms with Gasteiger partial charge in [-0.1, -0.05) is 23.7 Å². The molecule has 142 valence electrons. The molecule has 0 amide bonds. The van der Waals surface area contributed by atoms with Gasteiger partial charge in [0.2, 0.25) is 0 Å². The molecule has 0 radical (unpaired) electrons. The van der Waals surface area contributed by atoms with E-state index in [0.29, 0.717) is 16.6 Å². The Kier molecular flexibility index (Phi) is 4.50. The van der Waals surface area contributed by atoms with Gasteiger partial charge in [0.15, 0.2) is 0 Å². The minimum Gasteiger partial charge on any atom is -0.317 e. The number of halogens is 1. The second kappa shape index (κ2) is 7.16. The van der Waals surface area contributed by atoms with Crippen molar-refractivity contribution in [1.29, 1.82) is 0 Å². The van der Waals surface area contributed by atoms with Crippen LogP contribution in [0.25, 0.3) is 27.5 Å². The predicted molar refractivity (Wildman–Crippen MR) is 112 cm³/mol. The van der Waals surface area contributed by atoms with Crippen molar-refractivity contribution in [2.75, 3.05) is 13.1 Å². The maximum Gasteiger partial charge on any atom is 0.251 e. The predicted octanol–water partition coefficient (Wildman–Crippen LogP) is 3.93. The molecule has 4 heterocycles. The van der Waals surface area contributed by atoms with Crippen LogP contribution in [0.15, 0.2) is 46.7 Å². The Morgan fingerprint density at radius 1 is 1.21 bits per heavy atom. The van der Waals surface area contributed by atoms with Crippen molar-refractivity contribution < 1.29 is 0 Å². The highest BCUT2D eigenvalue weighted by Gasteiger charge is 2.21. The summed E-state index contributed by atoms with van der Waals surface area (Å²) in [5.41, 5.74) is 4.24. The number of hydrogen-bond donors (Lipinski definition) is 2. The highest BCUT2D eigenvalue weighted by Crippen LogP contribution is 2.33. The van der Waals surface area contributed by atoms with Gasteiger partial charge in [-0.15, -0.1) is 11.3 Å². The van der Waals surface area contributed by atoms with Crippen molar-refractivity contribution in [2.24, 2.45) is 0 Å². The number of nitrogens with zero attached hydrogens (tertiary/aromatic N) is 3. The number of hydrogen-bond acceptors (Lipinski definition) is 5. The Hall–Kier alpha value is -2.48. The average molecular weight is 412 g/mol. The second-order valence-corrected chi connectivity index (χ2v) is 8.24. The second-order valence-electron chi connectivity index (χ2n) is 6.95. The summed E-state index contributed by atoms with van der Waals surface area (Å²) in [7, 11) is 0. The van der Waals surface area contributed by atoms with Crippen LogP contribution in [0.4, 0.5) is 0 Å². The minimum atomic E-state index is -0.102. The molecule has 0 aliphatic carbocycles. The van der Waals surface area contributed by atoms with Crippen LogP contribution in [0.3, 0.4) is 0 Å². The van der Waals surface area contributed by atoms with Crippen molar-refractivity contribution in [3.63, 3.8) is 0 Å². The molecule has 0 bridgehead atoms. The van der Waals surface area contributed by atoms with Crippen LogP contribution in [0.1, 0.15) is 24.5 Å². The van der Waals surface area contributed by atoms with Gasteiger partial charge in [-0.05, 0) is 38.1 Å². The van der Waals surface area contributed by atoms with E-state index in [4.69, 9.17) is 16.6 Å². The number of nitrogens with one attached hydrogen (secondary N) is 2. The van der Waals surface area contributed by atoms with Gasteiger partial charge in [-0.25, -0.2) is 9.50 Å². The maximum atomic E-state index is 12.3. The third-order valence-corrected chi connectivity index (χ3v) is 6.26. The number of aromatic nitrogens is 4. The van der Waals surface area contributed by atoms with E-state index in [1.54, 1.807) is 12.3 Å². The fourth-order valence-corrected chi connectivity index (χ4v) is 4.79. The molecule has 6 nitrogen and oxygen atoms in total. The molecular formula is C20H18ClN5OS. The maximum absolute atomic E-state index is 12.3. The topological polar surface area (TPSA) is 75.1 Å². The Morgan fingerprint density at radius 2 is 2.07 bits per heavy atom. The summed E-state index contributed by atoms with van der Waals surface area (Å²) in [4.78, 5) is 20.1. The quantitative estimate of drug-likeness (QED) is 0.535. The van der Waals surface area contributed by atoms with E-state index in [2.05, 4.69) is 15.4 Å². The highest BCUT2D eigenvalue weighted by atomic mass is 35.5. The third kappa shape index (κ3) is 3.15. The standard InChI is InChI=1S/C20H18ClN5OS/c21-14-3-1-2-13(8-14)16-11-28-20(24-16)15-10-23-26-17(9-18(27)25-19(15)26)12-4-6-22-7-5-12/h1-3,8-12,22H,4-7H2,(H,25,27). The van der Waals surface area contributed by atoms with Gasteiger partial charge in [0.05, 0.1) is 23.1 Å². The first-order valence-corrected chi connectivity index (χ1v) is 10.5. The lowest BCUT2D eigenvalue weighted by atomic mass is 9.94. The molecule has 1 aliphatic heterocycles. The molecule has 1 aliphatic rings. The molecule has 4 aromatic rings. The van der Waals surface area contributed by atoms with Crippen molar-refractivity contribution in [3.8, 4) is 21.8 Å². The Balaban J connectivity index is 1.59. The van der Waals surface area contributed by atoms with Crippen molar-refractivity contribution >= 4 is 28.6 Å². The fraction of sp³-hybridized carbons (Fsp3) is 0.250. The third-order valence-electron chi connectivity index (χ3n) is 5.15. The van der Waals surface area contributed by atoms with E-state index in [1.807, 2.05) is 34.2 Å². The van der Waals surface area contributed by atoms with Gasteiger partial charge in [0.1, 0.15) is 10.7 Å². The van der Waals surface area contributed by atoms with Crippen molar-refractivity contribution in [1.82, 2.24) is 24.9 Å². The zero-order valence-corrected chi connectivity index (χ0v) is 16.6. The Bertz CT molecular complexity index is 1200. The minimum absolute atomic E-state index is 0.102. The van der Waals surface area contributed by atoms with E-state index in [9.17, 15) is 4.79 Å². The summed E-state index contributed by atoms with van der Waals surface area (Å²) >= 11 is 7.64. The SMILES string of the molecule is O=c1cc(C2CCNCC2)n2ncc(-c3nc(-c4cccc(Cl)c4)cs3)c2[nH]1. The summed E-state index contributed by atoms with van der Waals surface area (Å²) in [6.07, 6.45) is 3.80. The lowest BCUT2D eigenvalue weighted by molar-refractivity contribution is 0.446. The van der Waals surface area contributed by atoms with E-state index < -0.39 is 0 Å². The van der Waals surface area contributed by atoms with Crippen LogP contribution in [-0.4, -0.2) is 32.7 Å². The fourth-order valence-electron chi connectivity index (χ4n) is 3.76. The monoisotopic (exact) mass is 411 g/mol. The number of H-pyrrole nitrogens is 1. The molecule has 0 unspecified atom stereocenters. The molecule has 1 fully saturated rings. The van der Waals surface area contributed by atoms with Gasteiger partial charge in [0.25, 0.3) is 5.56 Å². The molecule has 2 N–H and O–H groups in total. The average Bonchev–Trinajstić information content (AvgIpc) is 3.35. The molecule has 1 saturated heterocycles. The summed E-state index contributed by atoms with van der Waals surface area (Å²) in [5.74, 6) is 0.331. The molecule has 0 atom stereocenters. The summed E-state index contributed by atoms with van der Waals surface area (Å²) < 4.78 is 1.87. The molecule has 28 heavy (non-hydrogen) atoms. The van der Waals surface area contributed by atoms with Crippen LogP contribution >= 0.6 is 22.9 Å². The number of benzene rings is 1. The molecule has 0 saturated carbocycles. The Labute approximate surface area is 170 Å². The normalized spacial score (nSPS) is 15.3. The first kappa shape index (κ1) is 17.6. The molecule has 5 rings (SSSR count). The van der Waals surface area contributed by atoms with Crippen LogP contribution in [0.2, 0.25) is 5.02 Å². The number of fused-ring (bicyclic) bond motifs is 1. The number of aromatic amines is 1. The molecule has 3 aromatic heterocycles. The largest absolute Gasteiger partial charge is 0.317 e. The van der Waals surface area contributed by atoms with Gasteiger partial charge < -0.3 is 10.3 Å². The van der Waals surface area contributed by atoms with Crippen LogP contribution in [-0.2, 0) is 0 Å². The van der Waals surface area contributed by atoms with Crippen molar-refractivity contribution in [2.45, 2.75) is 18.8 Å². The highest BCUT2D eigenvalue weighted by molar-refractivity contribution is 7.13. The first-order valence-electron chi connectivity index (χ1n) is 9.22. The van der Waals surface area contributed by atoms with Crippen LogP contribution < -0.4 is 10.9 Å². The number of thiazole rings is 1. The first-order chi connectivity index (χ1) is 13.7. The number of piperidine rings is 1. The molecule has 1 aromatic carbocycles. The van der Waals surface area contributed by atoms with Gasteiger partial charge >= 0.3 is 0 Å². The van der Waals surface area contributed by atoms with Gasteiger partial charge in [-0.3, -0.25) is 4.79 Å². The Morgan fingerprint density at radius 3 is 2.89 bits per heavy atom. The molecule has 8 heteroatoms. The van der Waals surface area contributed by atoms with Gasteiger partial charge in [-0.2, -0.15) is 5.10 Å². The van der Waals surface area contributed by atoms with E-state index in [1.165, 1.54) is 11.3 Å². The molecular weight excluding hydrogens is 394 g/mol. The van der Waals surface area contributed by atoms with Gasteiger partial charge in [0, 0.05) is 28.0 Å². The zero-order valence-electron chi connectivity index (χ0n) is 15.0. The van der Waals surface area contributed by atoms with Crippen molar-refractivity contribution in [3.05, 3.63) is 63.0 Å². The summed E-state index contributed by atoms with van der Waals surface area (Å²) in [6.45, 7) is 1.92. The number of rotatable bonds is 3.